The van der Waals surface area contributed by atoms with Gasteiger partial charge in [0.1, 0.15) is 17.1 Å². The van der Waals surface area contributed by atoms with E-state index in [4.69, 9.17) is 9.47 Å². The topological polar surface area (TPSA) is 76.1 Å². The van der Waals surface area contributed by atoms with Crippen molar-refractivity contribution in [2.24, 2.45) is 0 Å². The highest BCUT2D eigenvalue weighted by Crippen LogP contribution is 2.42. The first-order valence-corrected chi connectivity index (χ1v) is 10.00. The Kier molecular flexibility index (Phi) is 5.08. The Morgan fingerprint density at radius 2 is 2.07 bits per heavy atom. The number of hydrogen-bond donors (Lipinski definition) is 1. The van der Waals surface area contributed by atoms with Gasteiger partial charge in [-0.3, -0.25) is 9.59 Å². The third-order valence-electron chi connectivity index (χ3n) is 6.10. The fourth-order valence-corrected chi connectivity index (χ4v) is 4.62. The van der Waals surface area contributed by atoms with Crippen LogP contribution in [0.25, 0.3) is 0 Å². The fourth-order valence-electron chi connectivity index (χ4n) is 4.62. The molecule has 146 valence electrons. The third-order valence-corrected chi connectivity index (χ3v) is 6.10. The SMILES string of the molecule is O=C1CC2(CCCCC2)Oc2cc(OCC(=O)N3CCC[C@H]3CO)ccc21. The molecule has 0 aromatic heterocycles. The molecule has 1 aromatic rings. The van der Waals surface area contributed by atoms with Crippen LogP contribution in [-0.2, 0) is 4.79 Å². The Bertz CT molecular complexity index is 725. The number of carbonyl (C=O) groups excluding carboxylic acids is 2. The van der Waals surface area contributed by atoms with Gasteiger partial charge in [-0.05, 0) is 50.7 Å². The summed E-state index contributed by atoms with van der Waals surface area (Å²) in [7, 11) is 0. The van der Waals surface area contributed by atoms with Gasteiger partial charge in [0.05, 0.1) is 24.6 Å². The monoisotopic (exact) mass is 373 g/mol. The minimum Gasteiger partial charge on any atom is -0.486 e. The molecule has 1 saturated carbocycles. The predicted molar refractivity (Wildman–Crippen MR) is 99.1 cm³/mol. The molecule has 1 atom stereocenters. The number of carbonyl (C=O) groups is 2. The fraction of sp³-hybridized carbons (Fsp3) is 0.619. The molecular weight excluding hydrogens is 346 g/mol. The second-order valence-electron chi connectivity index (χ2n) is 7.96. The molecule has 1 spiro atoms. The number of rotatable bonds is 4. The minimum atomic E-state index is -0.360. The van der Waals surface area contributed by atoms with Crippen molar-refractivity contribution in [3.63, 3.8) is 0 Å². The third kappa shape index (κ3) is 3.68. The van der Waals surface area contributed by atoms with Crippen LogP contribution in [-0.4, -0.2) is 53.1 Å². The Morgan fingerprint density at radius 3 is 2.85 bits per heavy atom. The van der Waals surface area contributed by atoms with Crippen molar-refractivity contribution >= 4 is 11.7 Å². The van der Waals surface area contributed by atoms with Gasteiger partial charge in [-0.2, -0.15) is 0 Å². The van der Waals surface area contributed by atoms with Crippen LogP contribution in [0.5, 0.6) is 11.5 Å². The lowest BCUT2D eigenvalue weighted by Gasteiger charge is -2.40. The highest BCUT2D eigenvalue weighted by molar-refractivity contribution is 6.00. The number of hydrogen-bond acceptors (Lipinski definition) is 5. The summed E-state index contributed by atoms with van der Waals surface area (Å²) in [4.78, 5) is 26.6. The highest BCUT2D eigenvalue weighted by atomic mass is 16.5. The van der Waals surface area contributed by atoms with Gasteiger partial charge in [0.15, 0.2) is 12.4 Å². The second kappa shape index (κ2) is 7.50. The van der Waals surface area contributed by atoms with Crippen molar-refractivity contribution in [2.75, 3.05) is 19.8 Å². The van der Waals surface area contributed by atoms with E-state index in [1.807, 2.05) is 0 Å². The molecule has 2 aliphatic heterocycles. The number of aliphatic hydroxyl groups is 1. The number of ketones is 1. The van der Waals surface area contributed by atoms with Gasteiger partial charge in [-0.1, -0.05) is 6.42 Å². The smallest absolute Gasteiger partial charge is 0.260 e. The van der Waals surface area contributed by atoms with Gasteiger partial charge >= 0.3 is 0 Å². The van der Waals surface area contributed by atoms with Crippen LogP contribution in [0.3, 0.4) is 0 Å². The van der Waals surface area contributed by atoms with Crippen LogP contribution in [0, 0.1) is 0 Å². The Morgan fingerprint density at radius 1 is 1.26 bits per heavy atom. The van der Waals surface area contributed by atoms with E-state index in [2.05, 4.69) is 0 Å². The van der Waals surface area contributed by atoms with Gasteiger partial charge in [0, 0.05) is 12.6 Å². The number of nitrogens with zero attached hydrogens (tertiary/aromatic N) is 1. The molecule has 1 aliphatic carbocycles. The number of fused-ring (bicyclic) bond motifs is 1. The van der Waals surface area contributed by atoms with Crippen LogP contribution in [0.15, 0.2) is 18.2 Å². The summed E-state index contributed by atoms with van der Waals surface area (Å²) in [6.07, 6.45) is 7.41. The van der Waals surface area contributed by atoms with E-state index in [-0.39, 0.29) is 36.5 Å². The largest absolute Gasteiger partial charge is 0.486 e. The van der Waals surface area contributed by atoms with Gasteiger partial charge in [0.2, 0.25) is 0 Å². The minimum absolute atomic E-state index is 0.0113. The maximum atomic E-state index is 12.6. The van der Waals surface area contributed by atoms with Gasteiger partial charge < -0.3 is 19.5 Å². The number of aliphatic hydroxyl groups excluding tert-OH is 1. The van der Waals surface area contributed by atoms with E-state index in [9.17, 15) is 14.7 Å². The summed E-state index contributed by atoms with van der Waals surface area (Å²) in [5.74, 6) is 1.11. The van der Waals surface area contributed by atoms with E-state index in [0.717, 1.165) is 38.5 Å². The van der Waals surface area contributed by atoms with Gasteiger partial charge in [-0.15, -0.1) is 0 Å². The van der Waals surface area contributed by atoms with Crippen molar-refractivity contribution in [3.8, 4) is 11.5 Å². The molecule has 1 aromatic carbocycles. The molecule has 3 aliphatic rings. The molecule has 1 amide bonds. The summed E-state index contributed by atoms with van der Waals surface area (Å²) in [5.41, 5.74) is 0.241. The zero-order chi connectivity index (χ0) is 18.9. The number of likely N-dealkylation sites (tertiary alicyclic amines) is 1. The Hall–Kier alpha value is -2.08. The highest BCUT2D eigenvalue weighted by Gasteiger charge is 2.41. The molecule has 2 fully saturated rings. The number of ether oxygens (including phenoxy) is 2. The molecule has 0 radical (unpaired) electrons. The molecule has 2 heterocycles. The van der Waals surface area contributed by atoms with Crippen molar-refractivity contribution < 1.29 is 24.2 Å². The predicted octanol–water partition coefficient (Wildman–Crippen LogP) is 2.72. The molecule has 0 unspecified atom stereocenters. The van der Waals surface area contributed by atoms with Crippen molar-refractivity contribution in [1.82, 2.24) is 4.90 Å². The molecule has 1 saturated heterocycles. The van der Waals surface area contributed by atoms with Crippen molar-refractivity contribution in [1.29, 1.82) is 0 Å². The number of Topliss-reactive ketones (excluding diaryl/α,β-unsaturated/α-hetero) is 1. The molecule has 6 nitrogen and oxygen atoms in total. The van der Waals surface area contributed by atoms with Crippen LogP contribution < -0.4 is 9.47 Å². The summed E-state index contributed by atoms with van der Waals surface area (Å²) in [5, 5.41) is 9.37. The van der Waals surface area contributed by atoms with E-state index < -0.39 is 0 Å². The van der Waals surface area contributed by atoms with Crippen molar-refractivity contribution in [2.45, 2.75) is 63.0 Å². The summed E-state index contributed by atoms with van der Waals surface area (Å²) >= 11 is 0. The molecule has 27 heavy (non-hydrogen) atoms. The number of benzene rings is 1. The van der Waals surface area contributed by atoms with Crippen molar-refractivity contribution in [3.05, 3.63) is 23.8 Å². The standard InChI is InChI=1S/C21H27NO5/c23-13-15-5-4-10-22(15)20(25)14-26-16-6-7-17-18(24)12-21(27-19(17)11-16)8-2-1-3-9-21/h6-7,11,15,23H,1-5,8-10,12-14H2/t15-/m0/s1. The quantitative estimate of drug-likeness (QED) is 0.878. The first-order chi connectivity index (χ1) is 13.1. The lowest BCUT2D eigenvalue weighted by Crippen LogP contribution is -2.43. The van der Waals surface area contributed by atoms with Gasteiger partial charge in [0.25, 0.3) is 5.91 Å². The normalized spacial score (nSPS) is 23.8. The number of amides is 1. The summed E-state index contributed by atoms with van der Waals surface area (Å²) in [6, 6.07) is 5.10. The van der Waals surface area contributed by atoms with E-state index in [0.29, 0.717) is 30.0 Å². The lowest BCUT2D eigenvalue weighted by molar-refractivity contribution is -0.134. The molecule has 6 heteroatoms. The maximum absolute atomic E-state index is 12.6. The van der Waals surface area contributed by atoms with E-state index in [1.54, 1.807) is 23.1 Å². The van der Waals surface area contributed by atoms with Crippen LogP contribution >= 0.6 is 0 Å². The van der Waals surface area contributed by atoms with Crippen LogP contribution in [0.2, 0.25) is 0 Å². The maximum Gasteiger partial charge on any atom is 0.260 e. The molecule has 1 N–H and O–H groups in total. The van der Waals surface area contributed by atoms with Crippen LogP contribution in [0.4, 0.5) is 0 Å². The average Bonchev–Trinajstić information content (AvgIpc) is 3.15. The zero-order valence-electron chi connectivity index (χ0n) is 15.6. The zero-order valence-corrected chi connectivity index (χ0v) is 15.6. The van der Waals surface area contributed by atoms with Crippen LogP contribution in [0.1, 0.15) is 61.7 Å². The summed E-state index contributed by atoms with van der Waals surface area (Å²) < 4.78 is 12.0. The second-order valence-corrected chi connectivity index (χ2v) is 7.96. The molecule has 0 bridgehead atoms. The van der Waals surface area contributed by atoms with Gasteiger partial charge in [-0.25, -0.2) is 0 Å². The van der Waals surface area contributed by atoms with E-state index >= 15 is 0 Å². The Balaban J connectivity index is 1.44. The summed E-state index contributed by atoms with van der Waals surface area (Å²) in [6.45, 7) is 0.578. The molecule has 4 rings (SSSR count). The Labute approximate surface area is 159 Å². The average molecular weight is 373 g/mol. The first-order valence-electron chi connectivity index (χ1n) is 10.00. The first kappa shape index (κ1) is 18.3. The lowest BCUT2D eigenvalue weighted by atomic mass is 9.78. The van der Waals surface area contributed by atoms with E-state index in [1.165, 1.54) is 6.42 Å². The molecular formula is C21H27NO5.